The number of nitrogens with zero attached hydrogens (tertiary/aromatic N) is 2. The summed E-state index contributed by atoms with van der Waals surface area (Å²) in [4.78, 5) is 18.0. The number of benzene rings is 2. The molecular weight excluding hydrogens is 495 g/mol. The van der Waals surface area contributed by atoms with Crippen LogP contribution < -0.4 is 4.74 Å². The van der Waals surface area contributed by atoms with E-state index in [1.807, 2.05) is 18.2 Å². The Morgan fingerprint density at radius 3 is 2.67 bits per heavy atom. The molecule has 1 heterocycles. The predicted octanol–water partition coefficient (Wildman–Crippen LogP) is 5.59. The highest BCUT2D eigenvalue weighted by Crippen LogP contribution is 2.52. The van der Waals surface area contributed by atoms with Crippen molar-refractivity contribution in [3.05, 3.63) is 63.6 Å². The van der Waals surface area contributed by atoms with E-state index in [1.54, 1.807) is 19.2 Å². The largest absolute Gasteiger partial charge is 0.497 e. The average Bonchev–Trinajstić information content (AvgIpc) is 2.84. The Hall–Kier alpha value is -1.79. The van der Waals surface area contributed by atoms with Gasteiger partial charge in [0, 0.05) is 24.5 Å². The Bertz CT molecular complexity index is 1090. The predicted molar refractivity (Wildman–Crippen MR) is 146 cm³/mol. The number of likely N-dealkylation sites (N-methyl/N-ethyl adjacent to an activating group) is 1. The van der Waals surface area contributed by atoms with Crippen LogP contribution in [0.15, 0.2) is 42.5 Å². The van der Waals surface area contributed by atoms with Gasteiger partial charge in [0.1, 0.15) is 5.75 Å². The highest BCUT2D eigenvalue weighted by atomic mass is 35.5. The number of amides is 1. The van der Waals surface area contributed by atoms with Crippen molar-refractivity contribution in [2.45, 2.75) is 63.0 Å². The molecule has 1 saturated heterocycles. The highest BCUT2D eigenvalue weighted by Gasteiger charge is 2.58. The number of carbonyl (C=O) groups excluding carboxylic acids is 1. The van der Waals surface area contributed by atoms with Crippen molar-refractivity contribution in [3.63, 3.8) is 0 Å². The first-order chi connectivity index (χ1) is 17.1. The third-order valence-corrected chi connectivity index (χ3v) is 8.84. The van der Waals surface area contributed by atoms with Crippen molar-refractivity contribution in [1.29, 1.82) is 0 Å². The second kappa shape index (κ2) is 10.9. The van der Waals surface area contributed by atoms with Crippen LogP contribution in [-0.2, 0) is 16.6 Å². The molecule has 1 aliphatic carbocycles. The topological polar surface area (TPSA) is 53.0 Å². The molecule has 36 heavy (non-hydrogen) atoms. The fourth-order valence-corrected chi connectivity index (χ4v) is 6.62. The molecule has 7 heteroatoms. The van der Waals surface area contributed by atoms with Crippen molar-refractivity contribution in [3.8, 4) is 5.75 Å². The lowest BCUT2D eigenvalue weighted by Gasteiger charge is -2.59. The summed E-state index contributed by atoms with van der Waals surface area (Å²) in [5.41, 5.74) is 0.649. The van der Waals surface area contributed by atoms with Gasteiger partial charge in [-0.05, 0) is 80.6 Å². The Balaban J connectivity index is 1.68. The number of piperidine rings is 1. The SMILES string of the molecule is COc1cccc([C@@]23CCN(C)C[C@@]2(O)CC[C@H](N(CC(C)C)C(=O)Cc2ccc(Cl)c(Cl)c2)C3)c1. The first-order valence-electron chi connectivity index (χ1n) is 12.9. The molecule has 5 nitrogen and oxygen atoms in total. The molecule has 1 N–H and O–H groups in total. The quantitative estimate of drug-likeness (QED) is 0.505. The lowest BCUT2D eigenvalue weighted by Crippen LogP contribution is -2.67. The minimum absolute atomic E-state index is 0.0394. The molecule has 1 saturated carbocycles. The molecule has 2 aromatic carbocycles. The molecule has 196 valence electrons. The molecule has 4 rings (SSSR count). The Labute approximate surface area is 225 Å². The number of carbonyl (C=O) groups is 1. The van der Waals surface area contributed by atoms with Crippen LogP contribution >= 0.6 is 23.2 Å². The van der Waals surface area contributed by atoms with E-state index in [1.165, 1.54) is 0 Å². The summed E-state index contributed by atoms with van der Waals surface area (Å²) in [7, 11) is 3.75. The van der Waals surface area contributed by atoms with Gasteiger partial charge in [-0.3, -0.25) is 4.79 Å². The molecule has 0 unspecified atom stereocenters. The molecule has 2 fully saturated rings. The van der Waals surface area contributed by atoms with Crippen LogP contribution in [0.5, 0.6) is 5.75 Å². The van der Waals surface area contributed by atoms with Crippen molar-refractivity contribution in [2.75, 3.05) is 33.8 Å². The maximum Gasteiger partial charge on any atom is 0.227 e. The molecular formula is C29H38Cl2N2O3. The van der Waals surface area contributed by atoms with Gasteiger partial charge in [-0.2, -0.15) is 0 Å². The normalized spacial score (nSPS) is 26.5. The van der Waals surface area contributed by atoms with Gasteiger partial charge < -0.3 is 19.6 Å². The Morgan fingerprint density at radius 2 is 1.97 bits per heavy atom. The molecule has 0 spiro atoms. The van der Waals surface area contributed by atoms with Crippen LogP contribution in [-0.4, -0.2) is 66.2 Å². The molecule has 0 aromatic heterocycles. The summed E-state index contributed by atoms with van der Waals surface area (Å²) in [6.45, 7) is 6.49. The van der Waals surface area contributed by atoms with Gasteiger partial charge in [-0.15, -0.1) is 0 Å². The van der Waals surface area contributed by atoms with Gasteiger partial charge in [0.15, 0.2) is 0 Å². The number of methoxy groups -OCH3 is 1. The molecule has 3 atom stereocenters. The van der Waals surface area contributed by atoms with E-state index in [0.29, 0.717) is 35.5 Å². The van der Waals surface area contributed by atoms with E-state index >= 15 is 0 Å². The molecule has 0 bridgehead atoms. The molecule has 2 aliphatic rings. The fraction of sp³-hybridized carbons (Fsp3) is 0.552. The van der Waals surface area contributed by atoms with Gasteiger partial charge in [-0.25, -0.2) is 0 Å². The van der Waals surface area contributed by atoms with Crippen molar-refractivity contribution in [2.24, 2.45) is 5.92 Å². The van der Waals surface area contributed by atoms with Crippen LogP contribution in [0.25, 0.3) is 0 Å². The standard InChI is InChI=1S/C29H38Cl2N2O3/c1-20(2)18-33(27(34)15-21-8-9-25(30)26(31)14-21)23-10-11-29(35)19-32(3)13-12-28(29,17-23)22-6-5-7-24(16-22)36-4/h5-9,14,16,20,23,35H,10-13,15,17-19H2,1-4H3/t23-,28-,29-/m0/s1. The zero-order valence-corrected chi connectivity index (χ0v) is 23.3. The smallest absolute Gasteiger partial charge is 0.227 e. The zero-order valence-electron chi connectivity index (χ0n) is 21.8. The first-order valence-corrected chi connectivity index (χ1v) is 13.6. The summed E-state index contributed by atoms with van der Waals surface area (Å²) in [5.74, 6) is 1.21. The second-order valence-corrected chi connectivity index (χ2v) is 11.9. The zero-order chi connectivity index (χ0) is 26.1. The van der Waals surface area contributed by atoms with Crippen LogP contribution in [0, 0.1) is 5.92 Å². The summed E-state index contributed by atoms with van der Waals surface area (Å²) in [6, 6.07) is 13.6. The molecule has 0 radical (unpaired) electrons. The van der Waals surface area contributed by atoms with Crippen LogP contribution in [0.3, 0.4) is 0 Å². The lowest BCUT2D eigenvalue weighted by atomic mass is 9.55. The number of halogens is 2. The number of likely N-dealkylation sites (tertiary alicyclic amines) is 1. The van der Waals surface area contributed by atoms with Crippen LogP contribution in [0.2, 0.25) is 10.0 Å². The monoisotopic (exact) mass is 532 g/mol. The third kappa shape index (κ3) is 5.40. The van der Waals surface area contributed by atoms with Crippen LogP contribution in [0.1, 0.15) is 50.7 Å². The number of hydrogen-bond acceptors (Lipinski definition) is 4. The number of β-amino-alcohol motifs (C(OH)–C–C–N with tert-alkyl or cyclic N) is 1. The summed E-state index contributed by atoms with van der Waals surface area (Å²) in [6.07, 6.45) is 3.26. The summed E-state index contributed by atoms with van der Waals surface area (Å²) >= 11 is 12.3. The second-order valence-electron chi connectivity index (χ2n) is 11.1. The first kappa shape index (κ1) is 27.3. The number of rotatable bonds is 7. The van der Waals surface area contributed by atoms with Gasteiger partial charge >= 0.3 is 0 Å². The van der Waals surface area contributed by atoms with Gasteiger partial charge in [0.2, 0.25) is 5.91 Å². The summed E-state index contributed by atoms with van der Waals surface area (Å²) in [5, 5.41) is 13.1. The average molecular weight is 534 g/mol. The maximum absolute atomic E-state index is 13.7. The van der Waals surface area contributed by atoms with E-state index < -0.39 is 11.0 Å². The van der Waals surface area contributed by atoms with Crippen molar-refractivity contribution < 1.29 is 14.6 Å². The maximum atomic E-state index is 13.7. The number of hydrogen-bond donors (Lipinski definition) is 1. The third-order valence-electron chi connectivity index (χ3n) is 8.10. The van der Waals surface area contributed by atoms with E-state index in [4.69, 9.17) is 27.9 Å². The Kier molecular flexibility index (Phi) is 8.25. The van der Waals surface area contributed by atoms with Crippen molar-refractivity contribution >= 4 is 29.1 Å². The van der Waals surface area contributed by atoms with Gasteiger partial charge in [0.05, 0.1) is 29.2 Å². The Morgan fingerprint density at radius 1 is 1.19 bits per heavy atom. The number of aliphatic hydroxyl groups is 1. The number of fused-ring (bicyclic) bond motifs is 1. The van der Waals surface area contributed by atoms with E-state index in [9.17, 15) is 9.90 Å². The lowest BCUT2D eigenvalue weighted by molar-refractivity contribution is -0.148. The number of ether oxygens (including phenoxy) is 1. The van der Waals surface area contributed by atoms with Gasteiger partial charge in [0.25, 0.3) is 0 Å². The summed E-state index contributed by atoms with van der Waals surface area (Å²) < 4.78 is 5.55. The fourth-order valence-electron chi connectivity index (χ4n) is 6.30. The molecule has 1 aliphatic heterocycles. The molecule has 2 aromatic rings. The highest BCUT2D eigenvalue weighted by molar-refractivity contribution is 6.42. The minimum atomic E-state index is -0.862. The van der Waals surface area contributed by atoms with E-state index in [2.05, 4.69) is 42.8 Å². The minimum Gasteiger partial charge on any atom is -0.497 e. The van der Waals surface area contributed by atoms with Crippen molar-refractivity contribution in [1.82, 2.24) is 9.80 Å². The van der Waals surface area contributed by atoms with Gasteiger partial charge in [-0.1, -0.05) is 55.2 Å². The molecule has 1 amide bonds. The van der Waals surface area contributed by atoms with Crippen LogP contribution in [0.4, 0.5) is 0 Å². The van der Waals surface area contributed by atoms with E-state index in [-0.39, 0.29) is 18.4 Å². The van der Waals surface area contributed by atoms with E-state index in [0.717, 1.165) is 42.7 Å².